The zero-order valence-corrected chi connectivity index (χ0v) is 31.6. The van der Waals surface area contributed by atoms with E-state index in [1.54, 1.807) is 12.1 Å². The average molecular weight is 783 g/mol. The Hall–Kier alpha value is -4.60. The van der Waals surface area contributed by atoms with E-state index in [0.717, 1.165) is 66.0 Å². The number of carboxylic acid groups (broad SMARTS) is 2. The first kappa shape index (κ1) is 42.1. The SMILES string of the molecule is CCN(CC)CCN(Cc1ccc(-c2ccc(Cl)cc2)cc1)C(=O)Cn1c(SCc2ccc(F)cc2)nc(=O)c2c1CCC2.O=C(O)C(O)C(O)C(=O)O. The van der Waals surface area contributed by atoms with Crippen molar-refractivity contribution in [3.8, 4) is 11.1 Å². The monoisotopic (exact) mass is 782 g/mol. The Kier molecular flexibility index (Phi) is 15.8. The lowest BCUT2D eigenvalue weighted by molar-refractivity contribution is -0.165. The Bertz CT molecular complexity index is 1920. The minimum absolute atomic E-state index is 0.0119. The molecule has 4 N–H and O–H groups in total. The second-order valence-corrected chi connectivity index (χ2v) is 14.0. The molecule has 0 spiro atoms. The molecule has 3 aromatic carbocycles. The molecule has 288 valence electrons. The molecule has 0 radical (unpaired) electrons. The molecule has 1 aliphatic rings. The fraction of sp³-hybridized carbons (Fsp3) is 0.359. The van der Waals surface area contributed by atoms with E-state index >= 15 is 0 Å². The van der Waals surface area contributed by atoms with Gasteiger partial charge in [0.05, 0.1) is 0 Å². The Morgan fingerprint density at radius 1 is 0.852 bits per heavy atom. The molecule has 1 amide bonds. The zero-order valence-electron chi connectivity index (χ0n) is 30.0. The summed E-state index contributed by atoms with van der Waals surface area (Å²) < 4.78 is 15.4. The van der Waals surface area contributed by atoms with Gasteiger partial charge in [-0.05, 0) is 78.9 Å². The normalized spacial score (nSPS) is 13.1. The number of aromatic nitrogens is 2. The van der Waals surface area contributed by atoms with Crippen LogP contribution in [0.3, 0.4) is 0 Å². The molecule has 4 aromatic rings. The summed E-state index contributed by atoms with van der Waals surface area (Å²) >= 11 is 7.48. The largest absolute Gasteiger partial charge is 0.479 e. The van der Waals surface area contributed by atoms with Crippen molar-refractivity contribution in [3.63, 3.8) is 0 Å². The van der Waals surface area contributed by atoms with Crippen LogP contribution in [0.2, 0.25) is 5.02 Å². The number of carboxylic acids is 2. The number of aliphatic carboxylic acids is 2. The first-order valence-corrected chi connectivity index (χ1v) is 18.8. The average Bonchev–Trinajstić information content (AvgIpc) is 3.67. The molecule has 0 bridgehead atoms. The predicted molar refractivity (Wildman–Crippen MR) is 204 cm³/mol. The summed E-state index contributed by atoms with van der Waals surface area (Å²) in [5.74, 6) is -3.32. The van der Waals surface area contributed by atoms with E-state index in [0.29, 0.717) is 35.4 Å². The predicted octanol–water partition coefficient (Wildman–Crippen LogP) is 4.73. The summed E-state index contributed by atoms with van der Waals surface area (Å²) in [5.41, 5.74) is 5.57. The van der Waals surface area contributed by atoms with Crippen LogP contribution in [0.5, 0.6) is 0 Å². The molecule has 2 atom stereocenters. The minimum Gasteiger partial charge on any atom is -0.479 e. The second kappa shape index (κ2) is 20.2. The molecule has 0 saturated carbocycles. The van der Waals surface area contributed by atoms with Gasteiger partial charge in [0.2, 0.25) is 5.91 Å². The van der Waals surface area contributed by atoms with Crippen LogP contribution in [-0.4, -0.2) is 96.0 Å². The summed E-state index contributed by atoms with van der Waals surface area (Å²) in [6.45, 7) is 8.04. The third-order valence-corrected chi connectivity index (χ3v) is 10.3. The van der Waals surface area contributed by atoms with Crippen molar-refractivity contribution in [2.24, 2.45) is 0 Å². The van der Waals surface area contributed by atoms with Gasteiger partial charge in [0, 0.05) is 41.7 Å². The fourth-order valence-electron chi connectivity index (χ4n) is 5.85. The van der Waals surface area contributed by atoms with Crippen LogP contribution in [0, 0.1) is 5.82 Å². The molecule has 12 nitrogen and oxygen atoms in total. The highest BCUT2D eigenvalue weighted by atomic mass is 35.5. The molecule has 54 heavy (non-hydrogen) atoms. The van der Waals surface area contributed by atoms with Gasteiger partial charge >= 0.3 is 11.9 Å². The van der Waals surface area contributed by atoms with Crippen molar-refractivity contribution >= 4 is 41.2 Å². The number of hydrogen-bond donors (Lipinski definition) is 4. The Morgan fingerprint density at radius 2 is 1.41 bits per heavy atom. The van der Waals surface area contributed by atoms with E-state index in [2.05, 4.69) is 48.0 Å². The molecule has 0 saturated heterocycles. The third-order valence-electron chi connectivity index (χ3n) is 9.02. The highest BCUT2D eigenvalue weighted by Gasteiger charge is 2.29. The number of carbonyl (C=O) groups is 3. The minimum atomic E-state index is -2.27. The van der Waals surface area contributed by atoms with Gasteiger partial charge in [-0.3, -0.25) is 9.59 Å². The summed E-state index contributed by atoms with van der Waals surface area (Å²) in [5, 5.41) is 33.8. The number of fused-ring (bicyclic) bond motifs is 1. The van der Waals surface area contributed by atoms with Crippen molar-refractivity contribution in [3.05, 3.63) is 116 Å². The van der Waals surface area contributed by atoms with E-state index in [4.69, 9.17) is 32.0 Å². The van der Waals surface area contributed by atoms with Crippen LogP contribution in [-0.2, 0) is 46.1 Å². The van der Waals surface area contributed by atoms with Gasteiger partial charge in [0.25, 0.3) is 5.56 Å². The summed E-state index contributed by atoms with van der Waals surface area (Å²) in [6, 6.07) is 22.4. The number of halogens is 2. The topological polar surface area (TPSA) is 174 Å². The number of amides is 1. The maximum absolute atomic E-state index is 14.1. The number of rotatable bonds is 16. The zero-order chi connectivity index (χ0) is 39.4. The number of aliphatic hydroxyl groups is 2. The number of carbonyl (C=O) groups excluding carboxylic acids is 1. The Balaban J connectivity index is 0.000000571. The molecule has 0 fully saturated rings. The van der Waals surface area contributed by atoms with Crippen molar-refractivity contribution in [2.45, 2.75) is 69.3 Å². The lowest BCUT2D eigenvalue weighted by atomic mass is 10.0. The van der Waals surface area contributed by atoms with Gasteiger partial charge in [-0.15, -0.1) is 0 Å². The highest BCUT2D eigenvalue weighted by Crippen LogP contribution is 2.27. The van der Waals surface area contributed by atoms with Gasteiger partial charge in [-0.1, -0.05) is 85.7 Å². The van der Waals surface area contributed by atoms with Crippen LogP contribution in [0.1, 0.15) is 42.7 Å². The maximum atomic E-state index is 14.1. The molecule has 1 aromatic heterocycles. The van der Waals surface area contributed by atoms with E-state index in [9.17, 15) is 23.6 Å². The van der Waals surface area contributed by atoms with Crippen molar-refractivity contribution < 1.29 is 39.2 Å². The Morgan fingerprint density at radius 3 is 1.96 bits per heavy atom. The van der Waals surface area contributed by atoms with Gasteiger partial charge in [0.15, 0.2) is 17.4 Å². The number of benzene rings is 3. The molecule has 1 heterocycles. The number of nitrogens with zero attached hydrogens (tertiary/aromatic N) is 4. The molecule has 15 heteroatoms. The molecule has 5 rings (SSSR count). The van der Waals surface area contributed by atoms with Crippen molar-refractivity contribution in [1.29, 1.82) is 0 Å². The first-order chi connectivity index (χ1) is 25.8. The van der Waals surface area contributed by atoms with E-state index in [-0.39, 0.29) is 23.8 Å². The van der Waals surface area contributed by atoms with Gasteiger partial charge < -0.3 is 34.8 Å². The van der Waals surface area contributed by atoms with Gasteiger partial charge in [-0.25, -0.2) is 14.0 Å². The number of aliphatic hydroxyl groups excluding tert-OH is 2. The summed E-state index contributed by atoms with van der Waals surface area (Å²) in [4.78, 5) is 55.2. The lowest BCUT2D eigenvalue weighted by Gasteiger charge is -2.28. The molecular weight excluding hydrogens is 739 g/mol. The smallest absolute Gasteiger partial charge is 0.335 e. The van der Waals surface area contributed by atoms with Crippen molar-refractivity contribution in [2.75, 3.05) is 26.2 Å². The number of thioether (sulfide) groups is 1. The molecule has 1 aliphatic carbocycles. The Labute approximate surface area is 321 Å². The molecule has 2 unspecified atom stereocenters. The molecular formula is C39H44ClFN4O8S. The third kappa shape index (κ3) is 11.7. The highest BCUT2D eigenvalue weighted by molar-refractivity contribution is 7.98. The van der Waals surface area contributed by atoms with E-state index < -0.39 is 24.1 Å². The van der Waals surface area contributed by atoms with Gasteiger partial charge in [0.1, 0.15) is 12.4 Å². The second-order valence-electron chi connectivity index (χ2n) is 12.6. The van der Waals surface area contributed by atoms with Crippen LogP contribution in [0.15, 0.2) is 82.7 Å². The van der Waals surface area contributed by atoms with E-state index in [1.165, 1.54) is 23.9 Å². The fourth-order valence-corrected chi connectivity index (χ4v) is 6.94. The van der Waals surface area contributed by atoms with E-state index in [1.807, 2.05) is 33.7 Å². The summed E-state index contributed by atoms with van der Waals surface area (Å²) in [6.07, 6.45) is -2.23. The maximum Gasteiger partial charge on any atom is 0.335 e. The van der Waals surface area contributed by atoms with Crippen LogP contribution >= 0.6 is 23.4 Å². The van der Waals surface area contributed by atoms with Crippen LogP contribution in [0.25, 0.3) is 11.1 Å². The van der Waals surface area contributed by atoms with Crippen molar-refractivity contribution in [1.82, 2.24) is 19.4 Å². The van der Waals surface area contributed by atoms with Gasteiger partial charge in [-0.2, -0.15) is 4.98 Å². The molecule has 0 aliphatic heterocycles. The first-order valence-electron chi connectivity index (χ1n) is 17.5. The standard InChI is InChI=1S/C35H38ClFN4O2S.C4H6O6/c1-3-39(4-2)20-21-40(22-25-8-12-27(13-9-25)28-14-16-29(36)17-15-28)33(42)23-41-32-7-5-6-31(32)34(43)38-35(41)44-24-26-10-18-30(37)19-11-26;5-1(3(7)8)2(6)4(9)10/h8-19H,3-7,20-24H2,1-2H3;1-2,5-6H,(H,7,8)(H,9,10). The quantitative estimate of drug-likeness (QED) is 0.0915. The summed E-state index contributed by atoms with van der Waals surface area (Å²) in [7, 11) is 0. The van der Waals surface area contributed by atoms with Crippen LogP contribution in [0.4, 0.5) is 4.39 Å². The van der Waals surface area contributed by atoms with Crippen LogP contribution < -0.4 is 5.56 Å². The lowest BCUT2D eigenvalue weighted by Crippen LogP contribution is -2.40. The number of likely N-dealkylation sites (N-methyl/N-ethyl adjacent to an activating group) is 1. The number of hydrogen-bond acceptors (Lipinski definition) is 9.